The number of rotatable bonds is 2. The standard InChI is InChI=1S/C38H60O2/c1-21(2)23-11-13-27-33-26(20-30-35(27,5)15-9-18-38(30,8)40)32-24(22(3)4)12-14-28-34(32)25(31(23)33)19-29-36(28,6)16-10-17-37(29,7)39/h19,21-24,26-31,33,39-40H,9-18,20H2,1-8H3. The van der Waals surface area contributed by atoms with Crippen LogP contribution in [0, 0.1) is 75.9 Å². The zero-order valence-electron chi connectivity index (χ0n) is 27.1. The van der Waals surface area contributed by atoms with Gasteiger partial charge < -0.3 is 10.2 Å². The van der Waals surface area contributed by atoms with Crippen LogP contribution >= 0.6 is 0 Å². The molecule has 0 spiro atoms. The number of aliphatic hydroxyl groups is 2. The molecule has 0 heterocycles. The Kier molecular flexibility index (Phi) is 6.32. The van der Waals surface area contributed by atoms with E-state index in [0.717, 1.165) is 31.1 Å². The van der Waals surface area contributed by atoms with Crippen molar-refractivity contribution in [2.45, 2.75) is 137 Å². The van der Waals surface area contributed by atoms with Gasteiger partial charge >= 0.3 is 0 Å². The van der Waals surface area contributed by atoms with E-state index in [1.54, 1.807) is 5.57 Å². The van der Waals surface area contributed by atoms with Crippen molar-refractivity contribution in [3.63, 3.8) is 0 Å². The van der Waals surface area contributed by atoms with Crippen molar-refractivity contribution in [1.29, 1.82) is 0 Å². The molecule has 0 aliphatic heterocycles. The molecule has 2 heteroatoms. The molecule has 7 aliphatic carbocycles. The lowest BCUT2D eigenvalue weighted by molar-refractivity contribution is -0.187. The Morgan fingerprint density at radius 2 is 1.45 bits per heavy atom. The Labute approximate surface area is 245 Å². The summed E-state index contributed by atoms with van der Waals surface area (Å²) in [4.78, 5) is 0. The smallest absolute Gasteiger partial charge is 0.0687 e. The third kappa shape index (κ3) is 3.60. The quantitative estimate of drug-likeness (QED) is 0.361. The lowest BCUT2D eigenvalue weighted by Crippen LogP contribution is -2.63. The van der Waals surface area contributed by atoms with Gasteiger partial charge in [-0.05, 0) is 159 Å². The number of fused-ring (bicyclic) bond motifs is 6. The Balaban J connectivity index is 1.50. The van der Waals surface area contributed by atoms with E-state index >= 15 is 0 Å². The number of hydrogen-bond donors (Lipinski definition) is 2. The summed E-state index contributed by atoms with van der Waals surface area (Å²) >= 11 is 0. The second kappa shape index (κ2) is 8.97. The first-order chi connectivity index (χ1) is 18.7. The minimum atomic E-state index is -0.593. The highest BCUT2D eigenvalue weighted by molar-refractivity contribution is 5.52. The van der Waals surface area contributed by atoms with E-state index in [4.69, 9.17) is 0 Å². The van der Waals surface area contributed by atoms with E-state index < -0.39 is 11.2 Å². The van der Waals surface area contributed by atoms with Crippen LogP contribution in [-0.2, 0) is 0 Å². The van der Waals surface area contributed by atoms with Crippen LogP contribution in [0.1, 0.15) is 126 Å². The molecule has 0 bridgehead atoms. The van der Waals surface area contributed by atoms with E-state index in [0.29, 0.717) is 47.3 Å². The molecule has 7 aliphatic rings. The van der Waals surface area contributed by atoms with Crippen LogP contribution in [0.5, 0.6) is 0 Å². The predicted molar refractivity (Wildman–Crippen MR) is 164 cm³/mol. The fraction of sp³-hybridized carbons (Fsp3) is 0.895. The van der Waals surface area contributed by atoms with Gasteiger partial charge in [0.1, 0.15) is 0 Å². The Morgan fingerprint density at radius 1 is 0.775 bits per heavy atom. The molecule has 13 unspecified atom stereocenters. The average Bonchev–Trinajstić information content (AvgIpc) is 2.86. The third-order valence-corrected chi connectivity index (χ3v) is 15.4. The second-order valence-corrected chi connectivity index (χ2v) is 18.0. The normalized spacial score (nSPS) is 55.3. The number of allylic oxidation sites excluding steroid dienone is 3. The Morgan fingerprint density at radius 3 is 2.12 bits per heavy atom. The first kappa shape index (κ1) is 28.2. The molecule has 2 nitrogen and oxygen atoms in total. The largest absolute Gasteiger partial charge is 0.390 e. The van der Waals surface area contributed by atoms with E-state index in [1.807, 2.05) is 11.1 Å². The van der Waals surface area contributed by atoms with Crippen LogP contribution in [0.15, 0.2) is 22.8 Å². The minimum Gasteiger partial charge on any atom is -0.390 e. The Hall–Kier alpha value is -0.600. The van der Waals surface area contributed by atoms with Crippen LogP contribution in [0.3, 0.4) is 0 Å². The molecule has 4 saturated carbocycles. The molecule has 4 fully saturated rings. The summed E-state index contributed by atoms with van der Waals surface area (Å²) in [5, 5.41) is 24.0. The van der Waals surface area contributed by atoms with Gasteiger partial charge in [0.2, 0.25) is 0 Å². The van der Waals surface area contributed by atoms with Crippen LogP contribution in [-0.4, -0.2) is 21.4 Å². The van der Waals surface area contributed by atoms with Gasteiger partial charge in [0, 0.05) is 5.92 Å². The lowest BCUT2D eigenvalue weighted by Gasteiger charge is -2.69. The van der Waals surface area contributed by atoms with Crippen molar-refractivity contribution in [3.05, 3.63) is 22.8 Å². The maximum atomic E-state index is 12.0. The second-order valence-electron chi connectivity index (χ2n) is 18.0. The van der Waals surface area contributed by atoms with E-state index in [9.17, 15) is 10.2 Å². The first-order valence-electron chi connectivity index (χ1n) is 17.6. The summed E-state index contributed by atoms with van der Waals surface area (Å²) in [6.45, 7) is 19.6. The van der Waals surface area contributed by atoms with Gasteiger partial charge in [-0.2, -0.15) is 0 Å². The van der Waals surface area contributed by atoms with Crippen molar-refractivity contribution in [1.82, 2.24) is 0 Å². The maximum absolute atomic E-state index is 12.0. The van der Waals surface area contributed by atoms with Crippen molar-refractivity contribution >= 4 is 0 Å². The van der Waals surface area contributed by atoms with Crippen molar-refractivity contribution in [3.8, 4) is 0 Å². The molecule has 0 aromatic rings. The Bertz CT molecular complexity index is 1110. The van der Waals surface area contributed by atoms with Gasteiger partial charge in [-0.15, -0.1) is 0 Å². The zero-order chi connectivity index (χ0) is 28.6. The molecule has 0 saturated heterocycles. The summed E-state index contributed by atoms with van der Waals surface area (Å²) < 4.78 is 0. The SMILES string of the molecule is CC(C)C1CCC2C3=C1C1CC4C(C)(O)CCCC4(C)C4CCC(C(C)C)C(C3=CC3C(C)(O)CCCC23C)C14. The van der Waals surface area contributed by atoms with Gasteiger partial charge in [-0.3, -0.25) is 0 Å². The summed E-state index contributed by atoms with van der Waals surface area (Å²) in [6.07, 6.45) is 16.1. The summed E-state index contributed by atoms with van der Waals surface area (Å²) in [7, 11) is 0. The van der Waals surface area contributed by atoms with Crippen LogP contribution in [0.4, 0.5) is 0 Å². The first-order valence-corrected chi connectivity index (χ1v) is 17.6. The van der Waals surface area contributed by atoms with E-state index in [2.05, 4.69) is 61.5 Å². The minimum absolute atomic E-state index is 0.168. The monoisotopic (exact) mass is 548 g/mol. The molecule has 2 N–H and O–H groups in total. The van der Waals surface area contributed by atoms with Crippen molar-refractivity contribution in [2.24, 2.45) is 75.9 Å². The highest BCUT2D eigenvalue weighted by Crippen LogP contribution is 2.73. The molecule has 0 amide bonds. The molecular formula is C38H60O2. The van der Waals surface area contributed by atoms with Crippen molar-refractivity contribution in [2.75, 3.05) is 0 Å². The van der Waals surface area contributed by atoms with Crippen LogP contribution in [0.25, 0.3) is 0 Å². The average molecular weight is 549 g/mol. The molecule has 40 heavy (non-hydrogen) atoms. The molecule has 13 atom stereocenters. The maximum Gasteiger partial charge on any atom is 0.0687 e. The van der Waals surface area contributed by atoms with E-state index in [-0.39, 0.29) is 16.7 Å². The fourth-order valence-corrected chi connectivity index (χ4v) is 13.8. The number of hydrogen-bond acceptors (Lipinski definition) is 2. The fourth-order valence-electron chi connectivity index (χ4n) is 13.8. The summed E-state index contributed by atoms with van der Waals surface area (Å²) in [6, 6.07) is 0. The molecule has 7 rings (SSSR count). The summed E-state index contributed by atoms with van der Waals surface area (Å²) in [5.74, 6) is 6.81. The highest BCUT2D eigenvalue weighted by Gasteiger charge is 2.67. The molecule has 0 radical (unpaired) electrons. The van der Waals surface area contributed by atoms with Gasteiger partial charge in [0.25, 0.3) is 0 Å². The van der Waals surface area contributed by atoms with Gasteiger partial charge in [-0.25, -0.2) is 0 Å². The highest BCUT2D eigenvalue weighted by atomic mass is 16.3. The molecular weight excluding hydrogens is 488 g/mol. The van der Waals surface area contributed by atoms with Crippen molar-refractivity contribution < 1.29 is 10.2 Å². The third-order valence-electron chi connectivity index (χ3n) is 15.4. The van der Waals surface area contributed by atoms with Crippen LogP contribution < -0.4 is 0 Å². The zero-order valence-corrected chi connectivity index (χ0v) is 27.1. The lowest BCUT2D eigenvalue weighted by atomic mass is 9.36. The van der Waals surface area contributed by atoms with Crippen LogP contribution in [0.2, 0.25) is 0 Å². The topological polar surface area (TPSA) is 40.5 Å². The molecule has 0 aromatic heterocycles. The molecule has 224 valence electrons. The van der Waals surface area contributed by atoms with Gasteiger partial charge in [-0.1, -0.05) is 59.6 Å². The predicted octanol–water partition coefficient (Wildman–Crippen LogP) is 8.97. The summed E-state index contributed by atoms with van der Waals surface area (Å²) in [5.41, 5.74) is 4.73. The van der Waals surface area contributed by atoms with Gasteiger partial charge in [0.05, 0.1) is 11.2 Å². The van der Waals surface area contributed by atoms with Gasteiger partial charge in [0.15, 0.2) is 0 Å². The molecule has 0 aromatic carbocycles. The van der Waals surface area contributed by atoms with E-state index in [1.165, 1.54) is 51.4 Å².